The second-order valence-electron chi connectivity index (χ2n) is 9.82. The molecule has 1 fully saturated rings. The quantitative estimate of drug-likeness (QED) is 0.310. The molecule has 1 N–H and O–H groups in total. The molecule has 0 aliphatic heterocycles. The van der Waals surface area contributed by atoms with Crippen LogP contribution >= 0.6 is 23.2 Å². The Morgan fingerprint density at radius 2 is 1.38 bits per heavy atom. The monoisotopic (exact) mass is 536 g/mol. The van der Waals surface area contributed by atoms with E-state index in [1.165, 1.54) is 6.42 Å². The van der Waals surface area contributed by atoms with Gasteiger partial charge >= 0.3 is 0 Å². The van der Waals surface area contributed by atoms with E-state index in [9.17, 15) is 9.59 Å². The average Bonchev–Trinajstić information content (AvgIpc) is 2.92. The molecular formula is C31H34Cl2N2O2. The van der Waals surface area contributed by atoms with Gasteiger partial charge in [-0.3, -0.25) is 9.59 Å². The zero-order chi connectivity index (χ0) is 26.2. The minimum absolute atomic E-state index is 0.125. The molecule has 0 heterocycles. The van der Waals surface area contributed by atoms with Crippen molar-refractivity contribution in [1.82, 2.24) is 10.2 Å². The summed E-state index contributed by atoms with van der Waals surface area (Å²) in [4.78, 5) is 29.0. The Labute approximate surface area is 230 Å². The van der Waals surface area contributed by atoms with Crippen LogP contribution in [0.15, 0.2) is 78.9 Å². The zero-order valence-electron chi connectivity index (χ0n) is 21.2. The van der Waals surface area contributed by atoms with E-state index >= 15 is 0 Å². The number of carbonyl (C=O) groups is 2. The van der Waals surface area contributed by atoms with Crippen LogP contribution < -0.4 is 5.32 Å². The molecule has 2 amide bonds. The fourth-order valence-corrected chi connectivity index (χ4v) is 5.61. The van der Waals surface area contributed by atoms with Crippen molar-refractivity contribution in [3.05, 3.63) is 106 Å². The third kappa shape index (κ3) is 7.15. The van der Waals surface area contributed by atoms with Gasteiger partial charge in [0.15, 0.2) is 0 Å². The zero-order valence-corrected chi connectivity index (χ0v) is 22.7. The first-order valence-electron chi connectivity index (χ1n) is 13.1. The van der Waals surface area contributed by atoms with Crippen LogP contribution in [-0.4, -0.2) is 28.8 Å². The Bertz CT molecular complexity index is 1120. The van der Waals surface area contributed by atoms with Crippen molar-refractivity contribution in [3.8, 4) is 0 Å². The fourth-order valence-electron chi connectivity index (χ4n) is 5.10. The van der Waals surface area contributed by atoms with Gasteiger partial charge in [0.1, 0.15) is 6.04 Å². The van der Waals surface area contributed by atoms with E-state index in [-0.39, 0.29) is 36.7 Å². The number of nitrogens with one attached hydrogen (secondary N) is 1. The van der Waals surface area contributed by atoms with Crippen LogP contribution in [-0.2, 0) is 16.1 Å². The van der Waals surface area contributed by atoms with Crippen LogP contribution in [0.25, 0.3) is 0 Å². The summed E-state index contributed by atoms with van der Waals surface area (Å²) in [5, 5.41) is 4.15. The predicted molar refractivity (Wildman–Crippen MR) is 151 cm³/mol. The maximum Gasteiger partial charge on any atom is 0.242 e. The number of amides is 2. The van der Waals surface area contributed by atoms with Crippen LogP contribution in [0.2, 0.25) is 10.0 Å². The van der Waals surface area contributed by atoms with Gasteiger partial charge < -0.3 is 10.2 Å². The highest BCUT2D eigenvalue weighted by Crippen LogP contribution is 2.31. The van der Waals surface area contributed by atoms with Gasteiger partial charge in [-0.2, -0.15) is 0 Å². The van der Waals surface area contributed by atoms with E-state index in [0.29, 0.717) is 15.6 Å². The van der Waals surface area contributed by atoms with Gasteiger partial charge in [-0.25, -0.2) is 0 Å². The van der Waals surface area contributed by atoms with E-state index in [0.717, 1.165) is 36.8 Å². The van der Waals surface area contributed by atoms with E-state index < -0.39 is 6.04 Å². The maximum absolute atomic E-state index is 14.0. The first-order valence-corrected chi connectivity index (χ1v) is 13.8. The number of hydrogen-bond donors (Lipinski definition) is 1. The third-order valence-corrected chi connectivity index (χ3v) is 8.00. The molecule has 6 heteroatoms. The van der Waals surface area contributed by atoms with E-state index in [4.69, 9.17) is 23.2 Å². The van der Waals surface area contributed by atoms with Crippen LogP contribution in [0.5, 0.6) is 0 Å². The summed E-state index contributed by atoms with van der Waals surface area (Å²) in [5.74, 6) is -0.410. The summed E-state index contributed by atoms with van der Waals surface area (Å²) in [6.07, 6.45) is 5.62. The summed E-state index contributed by atoms with van der Waals surface area (Å²) in [7, 11) is 0. The van der Waals surface area contributed by atoms with Gasteiger partial charge in [-0.15, -0.1) is 0 Å². The molecule has 0 spiro atoms. The molecular weight excluding hydrogens is 503 g/mol. The molecule has 0 saturated heterocycles. The van der Waals surface area contributed by atoms with Crippen molar-refractivity contribution in [2.75, 3.05) is 0 Å². The maximum atomic E-state index is 14.0. The molecule has 1 saturated carbocycles. The molecule has 4 nitrogen and oxygen atoms in total. The Hall–Kier alpha value is -2.82. The Morgan fingerprint density at radius 1 is 0.838 bits per heavy atom. The predicted octanol–water partition coefficient (Wildman–Crippen LogP) is 7.38. The SMILES string of the molecule is C[C@@H](C(=O)NC1CCCCC1)N(Cc1c(Cl)cccc1Cl)C(=O)CC(c1ccccc1)c1ccccc1. The summed E-state index contributed by atoms with van der Waals surface area (Å²) >= 11 is 13.0. The number of nitrogens with zero attached hydrogens (tertiary/aromatic N) is 1. The normalized spacial score (nSPS) is 14.8. The average molecular weight is 538 g/mol. The molecule has 3 aromatic rings. The number of rotatable bonds is 9. The lowest BCUT2D eigenvalue weighted by Crippen LogP contribution is -2.50. The second-order valence-corrected chi connectivity index (χ2v) is 10.6. The van der Waals surface area contributed by atoms with Gasteiger partial charge in [-0.05, 0) is 43.0 Å². The highest BCUT2D eigenvalue weighted by Gasteiger charge is 2.31. The second kappa shape index (κ2) is 13.1. The lowest BCUT2D eigenvalue weighted by atomic mass is 9.88. The van der Waals surface area contributed by atoms with E-state index in [1.807, 2.05) is 60.7 Å². The number of halogens is 2. The van der Waals surface area contributed by atoms with E-state index in [2.05, 4.69) is 5.32 Å². The summed E-state index contributed by atoms with van der Waals surface area (Å²) < 4.78 is 0. The molecule has 194 valence electrons. The largest absolute Gasteiger partial charge is 0.352 e. The van der Waals surface area contributed by atoms with Crippen LogP contribution in [0.1, 0.15) is 68.1 Å². The standard InChI is InChI=1S/C31H34Cl2N2O2/c1-22(31(37)34-25-16-9-4-10-17-25)35(21-27-28(32)18-11-19-29(27)33)30(36)20-26(23-12-5-2-6-13-23)24-14-7-3-8-15-24/h2-3,5-8,11-15,18-19,22,25-26H,4,9-10,16-17,20-21H2,1H3,(H,34,37)/t22-/m0/s1. The molecule has 4 rings (SSSR count). The molecule has 1 aliphatic carbocycles. The van der Waals surface area contributed by atoms with Crippen molar-refractivity contribution < 1.29 is 9.59 Å². The smallest absolute Gasteiger partial charge is 0.242 e. The molecule has 1 atom stereocenters. The van der Waals surface area contributed by atoms with Gasteiger partial charge in [0.2, 0.25) is 11.8 Å². The summed E-state index contributed by atoms with van der Waals surface area (Å²) in [6.45, 7) is 1.95. The first kappa shape index (κ1) is 27.2. The van der Waals surface area contributed by atoms with Gasteiger partial charge in [0.05, 0.1) is 0 Å². The van der Waals surface area contributed by atoms with E-state index in [1.54, 1.807) is 30.0 Å². The van der Waals surface area contributed by atoms with Gasteiger partial charge in [0.25, 0.3) is 0 Å². The van der Waals surface area contributed by atoms with Crippen molar-refractivity contribution in [3.63, 3.8) is 0 Å². The highest BCUT2D eigenvalue weighted by molar-refractivity contribution is 6.36. The Balaban J connectivity index is 1.62. The molecule has 0 aromatic heterocycles. The summed E-state index contributed by atoms with van der Waals surface area (Å²) in [6, 6.07) is 24.8. The van der Waals surface area contributed by atoms with Gasteiger partial charge in [0, 0.05) is 40.5 Å². The van der Waals surface area contributed by atoms with Crippen LogP contribution in [0.3, 0.4) is 0 Å². The fraction of sp³-hybridized carbons (Fsp3) is 0.355. The van der Waals surface area contributed by atoms with Crippen molar-refractivity contribution in [2.24, 2.45) is 0 Å². The molecule has 0 radical (unpaired) electrons. The highest BCUT2D eigenvalue weighted by atomic mass is 35.5. The lowest BCUT2D eigenvalue weighted by molar-refractivity contribution is -0.141. The summed E-state index contributed by atoms with van der Waals surface area (Å²) in [5.41, 5.74) is 2.75. The van der Waals surface area contributed by atoms with Crippen molar-refractivity contribution in [1.29, 1.82) is 0 Å². The number of carbonyl (C=O) groups excluding carboxylic acids is 2. The van der Waals surface area contributed by atoms with Crippen LogP contribution in [0, 0.1) is 0 Å². The first-order chi connectivity index (χ1) is 17.9. The Kier molecular flexibility index (Phi) is 9.65. The lowest BCUT2D eigenvalue weighted by Gasteiger charge is -2.32. The molecule has 0 unspecified atom stereocenters. The number of benzene rings is 3. The van der Waals surface area contributed by atoms with Crippen LogP contribution in [0.4, 0.5) is 0 Å². The molecule has 1 aliphatic rings. The number of hydrogen-bond acceptors (Lipinski definition) is 2. The van der Waals surface area contributed by atoms with Crippen molar-refractivity contribution in [2.45, 2.75) is 70.0 Å². The molecule has 37 heavy (non-hydrogen) atoms. The molecule has 0 bridgehead atoms. The third-order valence-electron chi connectivity index (χ3n) is 7.29. The minimum Gasteiger partial charge on any atom is -0.352 e. The van der Waals surface area contributed by atoms with Crippen molar-refractivity contribution >= 4 is 35.0 Å². The minimum atomic E-state index is -0.672. The Morgan fingerprint density at radius 3 is 1.92 bits per heavy atom. The molecule has 3 aromatic carbocycles. The topological polar surface area (TPSA) is 49.4 Å². The van der Waals surface area contributed by atoms with Gasteiger partial charge in [-0.1, -0.05) is 109 Å².